The monoisotopic (exact) mass is 417 g/mol. The standard InChI is InChI=1S/C18H18F3NO5S/c19-18(20,21)13-5-3-4-12(10-13)15-7-8-16(27-15)17(23)22-28(24,25)11-14-6-1-2-9-26-14/h3-5,7-8,10,14H,1-2,6,9,11H2,(H,22,23). The number of benzene rings is 1. The second-order valence-corrected chi connectivity index (χ2v) is 8.21. The highest BCUT2D eigenvalue weighted by atomic mass is 32.2. The van der Waals surface area contributed by atoms with Crippen molar-refractivity contribution in [3.05, 3.63) is 47.7 Å². The summed E-state index contributed by atoms with van der Waals surface area (Å²) in [7, 11) is -3.94. The Balaban J connectivity index is 1.70. The van der Waals surface area contributed by atoms with E-state index < -0.39 is 33.8 Å². The Hall–Kier alpha value is -2.33. The number of hydrogen-bond donors (Lipinski definition) is 1. The van der Waals surface area contributed by atoms with Gasteiger partial charge in [-0.15, -0.1) is 0 Å². The van der Waals surface area contributed by atoms with Crippen molar-refractivity contribution in [2.24, 2.45) is 0 Å². The van der Waals surface area contributed by atoms with Gasteiger partial charge in [0.25, 0.3) is 5.91 Å². The normalized spacial score (nSPS) is 18.0. The Bertz CT molecular complexity index is 946. The van der Waals surface area contributed by atoms with Gasteiger partial charge in [-0.3, -0.25) is 4.79 Å². The highest BCUT2D eigenvalue weighted by Crippen LogP contribution is 2.32. The number of halogens is 3. The first-order valence-corrected chi connectivity index (χ1v) is 10.2. The van der Waals surface area contributed by atoms with Crippen molar-refractivity contribution in [3.8, 4) is 11.3 Å². The molecule has 1 saturated heterocycles. The summed E-state index contributed by atoms with van der Waals surface area (Å²) in [6.45, 7) is 0.479. The van der Waals surface area contributed by atoms with Crippen LogP contribution in [0.25, 0.3) is 11.3 Å². The summed E-state index contributed by atoms with van der Waals surface area (Å²) in [5, 5.41) is 0. The number of carbonyl (C=O) groups excluding carboxylic acids is 1. The number of alkyl halides is 3. The average molecular weight is 417 g/mol. The predicted molar refractivity (Wildman–Crippen MR) is 94.0 cm³/mol. The number of amides is 1. The van der Waals surface area contributed by atoms with Crippen LogP contribution < -0.4 is 4.72 Å². The molecular weight excluding hydrogens is 399 g/mol. The molecule has 6 nitrogen and oxygen atoms in total. The molecule has 0 spiro atoms. The molecule has 1 unspecified atom stereocenters. The molecule has 0 bridgehead atoms. The zero-order valence-corrected chi connectivity index (χ0v) is 15.5. The molecule has 2 aromatic rings. The first-order valence-electron chi connectivity index (χ1n) is 8.58. The van der Waals surface area contributed by atoms with E-state index in [9.17, 15) is 26.4 Å². The van der Waals surface area contributed by atoms with Gasteiger partial charge < -0.3 is 9.15 Å². The van der Waals surface area contributed by atoms with E-state index in [4.69, 9.17) is 9.15 Å². The van der Waals surface area contributed by atoms with Gasteiger partial charge in [0.1, 0.15) is 5.76 Å². The highest BCUT2D eigenvalue weighted by Gasteiger charge is 2.31. The lowest BCUT2D eigenvalue weighted by molar-refractivity contribution is -0.137. The Morgan fingerprint density at radius 3 is 2.64 bits per heavy atom. The third-order valence-electron chi connectivity index (χ3n) is 4.23. The fourth-order valence-electron chi connectivity index (χ4n) is 2.88. The first kappa shape index (κ1) is 20.4. The third-order valence-corrected chi connectivity index (χ3v) is 5.54. The van der Waals surface area contributed by atoms with Crippen LogP contribution in [0.1, 0.15) is 35.4 Å². The predicted octanol–water partition coefficient (Wildman–Crippen LogP) is 3.59. The van der Waals surface area contributed by atoms with Crippen molar-refractivity contribution >= 4 is 15.9 Å². The molecule has 1 aliphatic heterocycles. The molecule has 0 saturated carbocycles. The van der Waals surface area contributed by atoms with Crippen LogP contribution >= 0.6 is 0 Å². The van der Waals surface area contributed by atoms with E-state index in [2.05, 4.69) is 0 Å². The van der Waals surface area contributed by atoms with E-state index in [0.29, 0.717) is 13.0 Å². The lowest BCUT2D eigenvalue weighted by Gasteiger charge is -2.22. The van der Waals surface area contributed by atoms with Crippen LogP contribution in [0.4, 0.5) is 13.2 Å². The van der Waals surface area contributed by atoms with Crippen molar-refractivity contribution in [3.63, 3.8) is 0 Å². The zero-order chi connectivity index (χ0) is 20.4. The topological polar surface area (TPSA) is 85.6 Å². The van der Waals surface area contributed by atoms with Crippen molar-refractivity contribution in [1.29, 1.82) is 0 Å². The van der Waals surface area contributed by atoms with Gasteiger partial charge in [-0.2, -0.15) is 13.2 Å². The van der Waals surface area contributed by atoms with Crippen LogP contribution in [0.2, 0.25) is 0 Å². The SMILES string of the molecule is O=C(NS(=O)(=O)CC1CCCCO1)c1ccc(-c2cccc(C(F)(F)F)c2)o1. The van der Waals surface area contributed by atoms with Crippen molar-refractivity contribution in [2.75, 3.05) is 12.4 Å². The molecule has 152 valence electrons. The summed E-state index contributed by atoms with van der Waals surface area (Å²) < 4.78 is 75.3. The summed E-state index contributed by atoms with van der Waals surface area (Å²) in [6.07, 6.45) is -2.68. The first-order chi connectivity index (χ1) is 13.1. The zero-order valence-electron chi connectivity index (χ0n) is 14.7. The van der Waals surface area contributed by atoms with Crippen molar-refractivity contribution in [2.45, 2.75) is 31.5 Å². The van der Waals surface area contributed by atoms with E-state index in [-0.39, 0.29) is 22.8 Å². The molecule has 0 aliphatic carbocycles. The van der Waals surface area contributed by atoms with E-state index >= 15 is 0 Å². The third kappa shape index (κ3) is 5.14. The summed E-state index contributed by atoms with van der Waals surface area (Å²) in [4.78, 5) is 12.2. The summed E-state index contributed by atoms with van der Waals surface area (Å²) in [6, 6.07) is 6.93. The molecule has 28 heavy (non-hydrogen) atoms. The summed E-state index contributed by atoms with van der Waals surface area (Å²) >= 11 is 0. The molecule has 1 aromatic carbocycles. The quantitative estimate of drug-likeness (QED) is 0.804. The molecule has 1 amide bonds. The van der Waals surface area contributed by atoms with Crippen LogP contribution in [-0.4, -0.2) is 32.8 Å². The summed E-state index contributed by atoms with van der Waals surface area (Å²) in [5.74, 6) is -1.64. The maximum Gasteiger partial charge on any atom is 0.416 e. The minimum atomic E-state index is -4.52. The number of nitrogens with one attached hydrogen (secondary N) is 1. The second kappa shape index (κ2) is 7.96. The van der Waals surface area contributed by atoms with Gasteiger partial charge in [0.05, 0.1) is 17.4 Å². The van der Waals surface area contributed by atoms with E-state index in [1.54, 1.807) is 0 Å². The van der Waals surface area contributed by atoms with E-state index in [1.165, 1.54) is 24.3 Å². The van der Waals surface area contributed by atoms with Crippen LogP contribution in [0.5, 0.6) is 0 Å². The van der Waals surface area contributed by atoms with Gasteiger partial charge in [-0.1, -0.05) is 12.1 Å². The van der Waals surface area contributed by atoms with Gasteiger partial charge in [0, 0.05) is 12.2 Å². The van der Waals surface area contributed by atoms with Gasteiger partial charge in [-0.05, 0) is 43.5 Å². The lowest BCUT2D eigenvalue weighted by Crippen LogP contribution is -2.38. The fraction of sp³-hybridized carbons (Fsp3) is 0.389. The number of rotatable bonds is 5. The largest absolute Gasteiger partial charge is 0.451 e. The molecule has 10 heteroatoms. The average Bonchev–Trinajstić information content (AvgIpc) is 3.11. The Kier molecular flexibility index (Phi) is 5.80. The molecule has 0 radical (unpaired) electrons. The molecule has 1 N–H and O–H groups in total. The number of ether oxygens (including phenoxy) is 1. The van der Waals surface area contributed by atoms with E-state index in [1.807, 2.05) is 4.72 Å². The molecule has 1 atom stereocenters. The number of carbonyl (C=O) groups is 1. The molecule has 3 rings (SSSR count). The van der Waals surface area contributed by atoms with E-state index in [0.717, 1.165) is 25.0 Å². The van der Waals surface area contributed by atoms with Gasteiger partial charge in [-0.25, -0.2) is 13.1 Å². The molecule has 1 aliphatic rings. The fourth-order valence-corrected chi connectivity index (χ4v) is 4.10. The molecule has 2 heterocycles. The molecule has 1 aromatic heterocycles. The molecule has 1 fully saturated rings. The van der Waals surface area contributed by atoms with Gasteiger partial charge in [0.15, 0.2) is 5.76 Å². The summed E-state index contributed by atoms with van der Waals surface area (Å²) in [5.41, 5.74) is -0.741. The van der Waals surface area contributed by atoms with Crippen LogP contribution in [0.15, 0.2) is 40.8 Å². The Morgan fingerprint density at radius 1 is 1.18 bits per heavy atom. The minimum Gasteiger partial charge on any atom is -0.451 e. The number of furan rings is 1. The highest BCUT2D eigenvalue weighted by molar-refractivity contribution is 7.90. The van der Waals surface area contributed by atoms with Crippen LogP contribution in [-0.2, 0) is 20.9 Å². The number of hydrogen-bond acceptors (Lipinski definition) is 5. The molecular formula is C18H18F3NO5S. The smallest absolute Gasteiger partial charge is 0.416 e. The van der Waals surface area contributed by atoms with Gasteiger partial charge in [0.2, 0.25) is 10.0 Å². The van der Waals surface area contributed by atoms with Gasteiger partial charge >= 0.3 is 6.18 Å². The van der Waals surface area contributed by atoms with Crippen molar-refractivity contribution < 1.29 is 35.5 Å². The minimum absolute atomic E-state index is 0.0178. The maximum absolute atomic E-state index is 12.8. The Labute approximate surface area is 159 Å². The maximum atomic E-state index is 12.8. The lowest BCUT2D eigenvalue weighted by atomic mass is 10.1. The van der Waals surface area contributed by atoms with Crippen molar-refractivity contribution in [1.82, 2.24) is 4.72 Å². The Morgan fingerprint density at radius 2 is 1.96 bits per heavy atom. The van der Waals surface area contributed by atoms with Crippen LogP contribution in [0.3, 0.4) is 0 Å². The van der Waals surface area contributed by atoms with Crippen LogP contribution in [0, 0.1) is 0 Å². The second-order valence-electron chi connectivity index (χ2n) is 6.44. The number of sulfonamides is 1.